The molecule has 2 aliphatic heterocycles. The molecule has 1 amide bonds. The molecular formula is C19H26F2N2O2. The number of ether oxygens (including phenoxy) is 1. The van der Waals surface area contributed by atoms with E-state index in [1.165, 1.54) is 39.1 Å². The van der Waals surface area contributed by atoms with E-state index in [9.17, 15) is 13.6 Å². The Kier molecular flexibility index (Phi) is 5.57. The number of piperidine rings is 1. The van der Waals surface area contributed by atoms with Crippen LogP contribution in [0.25, 0.3) is 0 Å². The molecule has 2 fully saturated rings. The molecule has 2 saturated heterocycles. The van der Waals surface area contributed by atoms with Gasteiger partial charge in [0.2, 0.25) is 0 Å². The number of nitrogens with zero attached hydrogens (tertiary/aromatic N) is 2. The molecule has 1 aromatic rings. The molecule has 2 heterocycles. The Balaban J connectivity index is 1.64. The third-order valence-electron chi connectivity index (χ3n) is 5.71. The molecule has 0 spiro atoms. The predicted molar refractivity (Wildman–Crippen MR) is 91.8 cm³/mol. The zero-order valence-electron chi connectivity index (χ0n) is 14.9. The highest BCUT2D eigenvalue weighted by Gasteiger charge is 2.32. The molecule has 25 heavy (non-hydrogen) atoms. The maximum atomic E-state index is 14.3. The zero-order chi connectivity index (χ0) is 18.0. The number of carbonyl (C=O) groups is 1. The normalized spacial score (nSPS) is 20.7. The van der Waals surface area contributed by atoms with E-state index in [1.54, 1.807) is 4.90 Å². The summed E-state index contributed by atoms with van der Waals surface area (Å²) in [4.78, 5) is 16.8. The van der Waals surface area contributed by atoms with Gasteiger partial charge in [-0.05, 0) is 63.7 Å². The maximum Gasteiger partial charge on any atom is 0.256 e. The Hall–Kier alpha value is -1.69. The van der Waals surface area contributed by atoms with Crippen molar-refractivity contribution >= 4 is 5.91 Å². The summed E-state index contributed by atoms with van der Waals surface area (Å²) in [5, 5.41) is 0. The first-order valence-corrected chi connectivity index (χ1v) is 9.08. The number of hydrogen-bond donors (Lipinski definition) is 0. The van der Waals surface area contributed by atoms with Crippen molar-refractivity contribution in [3.8, 4) is 5.75 Å². The van der Waals surface area contributed by atoms with Crippen LogP contribution in [0, 0.1) is 17.6 Å². The van der Waals surface area contributed by atoms with Crippen LogP contribution < -0.4 is 4.74 Å². The summed E-state index contributed by atoms with van der Waals surface area (Å²) < 4.78 is 32.6. The zero-order valence-corrected chi connectivity index (χ0v) is 14.9. The summed E-state index contributed by atoms with van der Waals surface area (Å²) in [7, 11) is 1.20. The van der Waals surface area contributed by atoms with Gasteiger partial charge < -0.3 is 14.5 Å². The molecule has 0 aromatic heterocycles. The van der Waals surface area contributed by atoms with Crippen LogP contribution in [0.15, 0.2) is 12.1 Å². The molecule has 4 nitrogen and oxygen atoms in total. The summed E-state index contributed by atoms with van der Waals surface area (Å²) in [6.07, 6.45) is 4.38. The molecule has 0 aliphatic carbocycles. The summed E-state index contributed by atoms with van der Waals surface area (Å²) in [6, 6.07) is 2.81. The average molecular weight is 352 g/mol. The van der Waals surface area contributed by atoms with E-state index in [0.717, 1.165) is 18.9 Å². The van der Waals surface area contributed by atoms with Gasteiger partial charge in [-0.1, -0.05) is 0 Å². The average Bonchev–Trinajstić information content (AvgIpc) is 3.16. The molecule has 0 radical (unpaired) electrons. The third kappa shape index (κ3) is 3.64. The molecule has 0 saturated carbocycles. The van der Waals surface area contributed by atoms with E-state index in [-0.39, 0.29) is 11.5 Å². The van der Waals surface area contributed by atoms with Gasteiger partial charge in [0.1, 0.15) is 0 Å². The van der Waals surface area contributed by atoms with Crippen LogP contribution in [0.4, 0.5) is 8.78 Å². The van der Waals surface area contributed by atoms with Gasteiger partial charge in [-0.3, -0.25) is 4.79 Å². The van der Waals surface area contributed by atoms with Gasteiger partial charge in [0.15, 0.2) is 17.4 Å². The highest BCUT2D eigenvalue weighted by molar-refractivity contribution is 5.95. The first-order chi connectivity index (χ1) is 12.0. The quantitative estimate of drug-likeness (QED) is 0.833. The van der Waals surface area contributed by atoms with Crippen molar-refractivity contribution < 1.29 is 18.3 Å². The Bertz CT molecular complexity index is 624. The van der Waals surface area contributed by atoms with Crippen molar-refractivity contribution in [3.63, 3.8) is 0 Å². The van der Waals surface area contributed by atoms with Crippen LogP contribution >= 0.6 is 0 Å². The first kappa shape index (κ1) is 18.1. The lowest BCUT2D eigenvalue weighted by Crippen LogP contribution is -2.45. The Morgan fingerprint density at radius 1 is 1.16 bits per heavy atom. The molecule has 138 valence electrons. The van der Waals surface area contributed by atoms with Crippen LogP contribution in [0.5, 0.6) is 5.75 Å². The van der Waals surface area contributed by atoms with Crippen LogP contribution in [0.2, 0.25) is 0 Å². The van der Waals surface area contributed by atoms with Gasteiger partial charge in [-0.25, -0.2) is 8.78 Å². The predicted octanol–water partition coefficient (Wildman–Crippen LogP) is 3.31. The van der Waals surface area contributed by atoms with Gasteiger partial charge in [0.05, 0.1) is 12.7 Å². The molecular weight excluding hydrogens is 326 g/mol. The van der Waals surface area contributed by atoms with Crippen LogP contribution in [-0.4, -0.2) is 55.0 Å². The smallest absolute Gasteiger partial charge is 0.256 e. The molecule has 6 heteroatoms. The fraction of sp³-hybridized carbons (Fsp3) is 0.632. The van der Waals surface area contributed by atoms with Crippen LogP contribution in [-0.2, 0) is 0 Å². The maximum absolute atomic E-state index is 14.3. The lowest BCUT2D eigenvalue weighted by Gasteiger charge is -2.38. The largest absolute Gasteiger partial charge is 0.491 e. The van der Waals surface area contributed by atoms with Crippen molar-refractivity contribution in [3.05, 3.63) is 29.3 Å². The molecule has 0 N–H and O–H groups in total. The highest BCUT2D eigenvalue weighted by atomic mass is 19.1. The fourth-order valence-corrected chi connectivity index (χ4v) is 4.09. The number of likely N-dealkylation sites (tertiary alicyclic amines) is 2. The van der Waals surface area contributed by atoms with E-state index in [4.69, 9.17) is 4.74 Å². The number of rotatable bonds is 4. The summed E-state index contributed by atoms with van der Waals surface area (Å²) >= 11 is 0. The van der Waals surface area contributed by atoms with E-state index < -0.39 is 17.4 Å². The van der Waals surface area contributed by atoms with Crippen LogP contribution in [0.1, 0.15) is 43.0 Å². The monoisotopic (exact) mass is 352 g/mol. The topological polar surface area (TPSA) is 32.8 Å². The van der Waals surface area contributed by atoms with E-state index in [1.807, 2.05) is 0 Å². The molecule has 1 atom stereocenters. The number of benzene rings is 1. The summed E-state index contributed by atoms with van der Waals surface area (Å²) in [5.41, 5.74) is -0.121. The highest BCUT2D eigenvalue weighted by Crippen LogP contribution is 2.29. The first-order valence-electron chi connectivity index (χ1n) is 9.08. The number of hydrogen-bond acceptors (Lipinski definition) is 3. The molecule has 2 aliphatic rings. The van der Waals surface area contributed by atoms with Gasteiger partial charge >= 0.3 is 0 Å². The second-order valence-corrected chi connectivity index (χ2v) is 7.06. The second-order valence-electron chi connectivity index (χ2n) is 7.06. The van der Waals surface area contributed by atoms with E-state index in [0.29, 0.717) is 25.0 Å². The summed E-state index contributed by atoms with van der Waals surface area (Å²) in [6.45, 7) is 5.83. The van der Waals surface area contributed by atoms with Crippen molar-refractivity contribution in [1.82, 2.24) is 9.80 Å². The fourth-order valence-electron chi connectivity index (χ4n) is 4.09. The Morgan fingerprint density at radius 2 is 1.80 bits per heavy atom. The minimum absolute atomic E-state index is 0.121. The molecule has 0 unspecified atom stereocenters. The lowest BCUT2D eigenvalue weighted by atomic mass is 9.89. The van der Waals surface area contributed by atoms with E-state index >= 15 is 0 Å². The van der Waals surface area contributed by atoms with E-state index in [2.05, 4.69) is 11.8 Å². The number of carbonyl (C=O) groups excluding carboxylic acids is 1. The van der Waals surface area contributed by atoms with Crippen molar-refractivity contribution in [1.29, 1.82) is 0 Å². The summed E-state index contributed by atoms with van der Waals surface area (Å²) in [5.74, 6) is -2.03. The van der Waals surface area contributed by atoms with Gasteiger partial charge in [-0.2, -0.15) is 0 Å². The van der Waals surface area contributed by atoms with Gasteiger partial charge in [-0.15, -0.1) is 0 Å². The van der Waals surface area contributed by atoms with Crippen molar-refractivity contribution in [2.75, 3.05) is 33.3 Å². The minimum Gasteiger partial charge on any atom is -0.491 e. The lowest BCUT2D eigenvalue weighted by molar-refractivity contribution is 0.0619. The van der Waals surface area contributed by atoms with Crippen LogP contribution in [0.3, 0.4) is 0 Å². The Morgan fingerprint density at radius 3 is 2.40 bits per heavy atom. The van der Waals surface area contributed by atoms with Gasteiger partial charge in [0, 0.05) is 19.1 Å². The van der Waals surface area contributed by atoms with Crippen molar-refractivity contribution in [2.45, 2.75) is 38.6 Å². The number of amides is 1. The Labute approximate surface area is 147 Å². The standard InChI is InChI=1S/C19H26F2N2O2/c1-13(22-9-3-4-10-22)14-7-11-23(12-8-14)19(24)15-5-6-16(20)18(25-2)17(15)21/h5-6,13-14H,3-4,7-12H2,1-2H3/t13-/m0/s1. The second kappa shape index (κ2) is 7.68. The third-order valence-corrected chi connectivity index (χ3v) is 5.71. The van der Waals surface area contributed by atoms with Gasteiger partial charge in [0.25, 0.3) is 5.91 Å². The van der Waals surface area contributed by atoms with Crippen molar-refractivity contribution in [2.24, 2.45) is 5.92 Å². The molecule has 0 bridgehead atoms. The SMILES string of the molecule is COc1c(F)ccc(C(=O)N2CCC([C@H](C)N3CCCC3)CC2)c1F. The number of methoxy groups -OCH3 is 1. The molecule has 3 rings (SSSR count). The number of halogens is 2. The molecule has 1 aromatic carbocycles. The minimum atomic E-state index is -0.917.